The van der Waals surface area contributed by atoms with Gasteiger partial charge in [-0.1, -0.05) is 28.8 Å². The summed E-state index contributed by atoms with van der Waals surface area (Å²) in [6, 6.07) is 8.30. The van der Waals surface area contributed by atoms with Gasteiger partial charge in [-0.2, -0.15) is 0 Å². The fourth-order valence-electron chi connectivity index (χ4n) is 1.44. The number of pyridine rings is 1. The summed E-state index contributed by atoms with van der Waals surface area (Å²) in [6.07, 6.45) is 0. The minimum atomic E-state index is 0.992. The van der Waals surface area contributed by atoms with E-state index in [1.54, 1.807) is 0 Å². The Morgan fingerprint density at radius 3 is 2.77 bits per heavy atom. The highest BCUT2D eigenvalue weighted by atomic mass is 27.1. The zero-order chi connectivity index (χ0) is 9.42. The number of benzene rings is 1. The molecule has 1 aromatic heterocycles. The molecule has 2 aromatic rings. The smallest absolute Gasteiger partial charge is 0.209 e. The molecule has 0 spiro atoms. The van der Waals surface area contributed by atoms with Crippen LogP contribution in [0.25, 0.3) is 10.9 Å². The molecule has 1 aromatic carbocycles. The van der Waals surface area contributed by atoms with E-state index in [1.165, 1.54) is 15.4 Å². The predicted octanol–water partition coefficient (Wildman–Crippen LogP) is 0.131. The van der Waals surface area contributed by atoms with Gasteiger partial charge < -0.3 is 0 Å². The molecule has 0 aliphatic rings. The minimum Gasteiger partial charge on any atom is -0.274 e. The number of aromatic nitrogens is 1. The third-order valence-corrected chi connectivity index (χ3v) is 2.87. The number of hydrogen-bond acceptors (Lipinski definition) is 1. The Morgan fingerprint density at radius 2 is 2.00 bits per heavy atom. The van der Waals surface area contributed by atoms with Crippen molar-refractivity contribution in [3.63, 3.8) is 0 Å². The van der Waals surface area contributed by atoms with Gasteiger partial charge in [0, 0.05) is 0 Å². The van der Waals surface area contributed by atoms with Gasteiger partial charge in [0.2, 0.25) is 16.3 Å². The van der Waals surface area contributed by atoms with E-state index in [-0.39, 0.29) is 0 Å². The van der Waals surface area contributed by atoms with Crippen molar-refractivity contribution in [1.29, 1.82) is 0 Å². The lowest BCUT2D eigenvalue weighted by atomic mass is 10.1. The van der Waals surface area contributed by atoms with Gasteiger partial charge in [0.05, 0.1) is 5.52 Å². The van der Waals surface area contributed by atoms with Crippen LogP contribution in [0.1, 0.15) is 5.56 Å². The molecule has 1 heterocycles. The normalized spacial score (nSPS) is 10.5. The van der Waals surface area contributed by atoms with Gasteiger partial charge in [-0.05, 0) is 17.9 Å². The second-order valence-corrected chi connectivity index (χ2v) is 4.32. The number of aryl methyl sites for hydroxylation is 1. The molecule has 3 heteroatoms. The monoisotopic (exact) mass is 195 g/mol. The van der Waals surface area contributed by atoms with Crippen LogP contribution in [0.3, 0.4) is 0 Å². The summed E-state index contributed by atoms with van der Waals surface area (Å²) in [5, 5.41) is 1.22. The molecular weight excluding hydrogens is 188 g/mol. The quantitative estimate of drug-likeness (QED) is 0.544. The highest BCUT2D eigenvalue weighted by molar-refractivity contribution is 6.41. The molecule has 0 fully saturated rings. The van der Waals surface area contributed by atoms with Crippen LogP contribution >= 0.6 is 0 Å². The maximum atomic E-state index is 4.49. The fourth-order valence-corrected chi connectivity index (χ4v) is 2.34. The highest BCUT2D eigenvalue weighted by Gasteiger charge is 1.99. The zero-order valence-electron chi connectivity index (χ0n) is 7.41. The van der Waals surface area contributed by atoms with Crippen LogP contribution in [0.2, 0.25) is 0 Å². The van der Waals surface area contributed by atoms with Crippen LogP contribution in [0.5, 0.6) is 0 Å². The summed E-state index contributed by atoms with van der Waals surface area (Å²) in [5.74, 6) is 0. The van der Waals surface area contributed by atoms with E-state index in [2.05, 4.69) is 68.8 Å². The fraction of sp³-hybridized carbons (Fsp3) is 0.100. The summed E-state index contributed by atoms with van der Waals surface area (Å²) < 4.78 is 2.20. The second kappa shape index (κ2) is 3.45. The first-order valence-electron chi connectivity index (χ1n) is 4.10. The highest BCUT2D eigenvalue weighted by Crippen LogP contribution is 2.11. The average molecular weight is 195 g/mol. The van der Waals surface area contributed by atoms with Gasteiger partial charge in [-0.15, -0.1) is 4.43 Å². The topological polar surface area (TPSA) is 12.9 Å². The molecule has 0 N–H and O–H groups in total. The van der Waals surface area contributed by atoms with E-state index in [1.807, 2.05) is 0 Å². The standard InChI is InChI=1S/C10H7N.2Al/c1-8-4-2-5-9-6-3-7-11-10(8)9;;/h2-5H,1H3;;. The molecule has 58 valence electrons. The van der Waals surface area contributed by atoms with E-state index in [9.17, 15) is 0 Å². The van der Waals surface area contributed by atoms with E-state index >= 15 is 0 Å². The molecule has 1 nitrogen and oxygen atoms in total. The molecule has 0 amide bonds. The Balaban J connectivity index is 2.94. The number of hydrogen-bond donors (Lipinski definition) is 0. The van der Waals surface area contributed by atoms with Crippen molar-refractivity contribution >= 4 is 52.5 Å². The van der Waals surface area contributed by atoms with Crippen molar-refractivity contribution in [2.45, 2.75) is 6.92 Å². The van der Waals surface area contributed by atoms with E-state index < -0.39 is 0 Å². The largest absolute Gasteiger partial charge is 0.274 e. The van der Waals surface area contributed by atoms with Gasteiger partial charge >= 0.3 is 0 Å². The molecule has 0 saturated heterocycles. The molecule has 0 saturated carbocycles. The van der Waals surface area contributed by atoms with Crippen molar-refractivity contribution < 1.29 is 0 Å². The maximum absolute atomic E-state index is 4.49. The van der Waals surface area contributed by atoms with Crippen molar-refractivity contribution in [1.82, 2.24) is 4.98 Å². The van der Waals surface area contributed by atoms with Gasteiger partial charge in [0.1, 0.15) is 0 Å². The number of fused-ring (bicyclic) bond motifs is 1. The first kappa shape index (κ1) is 9.26. The molecule has 0 aliphatic carbocycles. The molecule has 0 unspecified atom stereocenters. The van der Waals surface area contributed by atoms with Crippen molar-refractivity contribution in [3.05, 3.63) is 29.8 Å². The van der Waals surface area contributed by atoms with Crippen LogP contribution in [0.15, 0.2) is 24.3 Å². The molecular formula is C10H7Al2N. The van der Waals surface area contributed by atoms with Crippen LogP contribution in [0.4, 0.5) is 0 Å². The molecule has 0 aliphatic heterocycles. The molecule has 4 radical (unpaired) electrons. The SMILES string of the molecule is Cc1cccc2[c]([Al])c[c]([Al])nc12. The van der Waals surface area contributed by atoms with Gasteiger partial charge in [0.15, 0.2) is 16.3 Å². The zero-order valence-corrected chi connectivity index (χ0v) is 9.72. The summed E-state index contributed by atoms with van der Waals surface area (Å²) in [6.45, 7) is 2.09. The molecule has 0 bridgehead atoms. The summed E-state index contributed by atoms with van der Waals surface area (Å²) in [4.78, 5) is 4.49. The van der Waals surface area contributed by atoms with Gasteiger partial charge in [-0.3, -0.25) is 4.98 Å². The van der Waals surface area contributed by atoms with Crippen molar-refractivity contribution in [2.75, 3.05) is 0 Å². The molecule has 13 heavy (non-hydrogen) atoms. The summed E-state index contributed by atoms with van der Waals surface area (Å²) >= 11 is 5.38. The van der Waals surface area contributed by atoms with Crippen molar-refractivity contribution in [2.24, 2.45) is 0 Å². The van der Waals surface area contributed by atoms with E-state index in [4.69, 9.17) is 0 Å². The Labute approximate surface area is 94.0 Å². The van der Waals surface area contributed by atoms with Gasteiger partial charge in [0.25, 0.3) is 0 Å². The third kappa shape index (κ3) is 1.66. The lowest BCUT2D eigenvalue weighted by Gasteiger charge is -2.07. The lowest BCUT2D eigenvalue weighted by Crippen LogP contribution is -2.18. The van der Waals surface area contributed by atoms with E-state index in [0.29, 0.717) is 0 Å². The third-order valence-electron chi connectivity index (χ3n) is 2.09. The lowest BCUT2D eigenvalue weighted by molar-refractivity contribution is 1.42. The second-order valence-electron chi connectivity index (χ2n) is 3.11. The van der Waals surface area contributed by atoms with Crippen LogP contribution in [-0.4, -0.2) is 37.6 Å². The summed E-state index contributed by atoms with van der Waals surface area (Å²) in [5.41, 5.74) is 2.32. The summed E-state index contributed by atoms with van der Waals surface area (Å²) in [7, 11) is 0. The van der Waals surface area contributed by atoms with Crippen LogP contribution < -0.4 is 8.98 Å². The Morgan fingerprint density at radius 1 is 1.23 bits per heavy atom. The predicted molar refractivity (Wildman–Crippen MR) is 57.3 cm³/mol. The molecule has 0 atom stereocenters. The minimum absolute atomic E-state index is 0.992. The Kier molecular flexibility index (Phi) is 2.46. The molecule has 2 rings (SSSR count). The van der Waals surface area contributed by atoms with Crippen LogP contribution in [0, 0.1) is 6.92 Å². The Hall–Kier alpha value is -0.305. The number of nitrogens with zero attached hydrogens (tertiary/aromatic N) is 1. The average Bonchev–Trinajstić information content (AvgIpc) is 2.07. The van der Waals surface area contributed by atoms with Gasteiger partial charge in [-0.25, -0.2) is 0 Å². The first-order chi connectivity index (χ1) is 6.18. The Bertz CT molecular complexity index is 466. The van der Waals surface area contributed by atoms with E-state index in [0.717, 1.165) is 10.1 Å². The van der Waals surface area contributed by atoms with Crippen molar-refractivity contribution in [3.8, 4) is 0 Å². The van der Waals surface area contributed by atoms with Crippen LogP contribution in [-0.2, 0) is 0 Å². The number of para-hydroxylation sites is 1. The first-order valence-corrected chi connectivity index (χ1v) is 5.25. The number of rotatable bonds is 0. The maximum Gasteiger partial charge on any atom is 0.209 e.